The van der Waals surface area contributed by atoms with Gasteiger partial charge in [0, 0.05) is 31.0 Å². The van der Waals surface area contributed by atoms with Crippen LogP contribution in [0.2, 0.25) is 0 Å². The van der Waals surface area contributed by atoms with Gasteiger partial charge in [-0.25, -0.2) is 0 Å². The minimum Gasteiger partial charge on any atom is -0.355 e. The smallest absolute Gasteiger partial charge is 0.228 e. The van der Waals surface area contributed by atoms with E-state index in [1.165, 1.54) is 17.5 Å². The fourth-order valence-corrected chi connectivity index (χ4v) is 5.42. The van der Waals surface area contributed by atoms with Crippen LogP contribution in [0.1, 0.15) is 43.7 Å². The van der Waals surface area contributed by atoms with E-state index in [1.807, 2.05) is 18.3 Å². The second-order valence-electron chi connectivity index (χ2n) is 8.37. The molecule has 0 radical (unpaired) electrons. The molecule has 0 spiro atoms. The number of fused-ring (bicyclic) bond motifs is 2. The average Bonchev–Trinajstić information content (AvgIpc) is 3.25. The zero-order valence-electron chi connectivity index (χ0n) is 16.8. The van der Waals surface area contributed by atoms with E-state index in [0.29, 0.717) is 18.6 Å². The lowest BCUT2D eigenvalue weighted by molar-refractivity contribution is -0.132. The highest BCUT2D eigenvalue weighted by molar-refractivity contribution is 5.84. The quantitative estimate of drug-likeness (QED) is 0.764. The molecule has 0 saturated carbocycles. The first-order valence-corrected chi connectivity index (χ1v) is 10.7. The minimum atomic E-state index is -0.297. The average molecular weight is 378 g/mol. The maximum Gasteiger partial charge on any atom is 0.228 e. The van der Waals surface area contributed by atoms with Crippen molar-refractivity contribution in [1.29, 1.82) is 0 Å². The van der Waals surface area contributed by atoms with E-state index >= 15 is 0 Å². The maximum absolute atomic E-state index is 13.5. The van der Waals surface area contributed by atoms with Gasteiger partial charge in [0.1, 0.15) is 0 Å². The monoisotopic (exact) mass is 377 g/mol. The van der Waals surface area contributed by atoms with Gasteiger partial charge in [0.2, 0.25) is 5.91 Å². The van der Waals surface area contributed by atoms with Crippen molar-refractivity contribution in [2.24, 2.45) is 5.41 Å². The molecule has 2 bridgehead atoms. The van der Waals surface area contributed by atoms with Crippen LogP contribution in [0.3, 0.4) is 0 Å². The number of carbonyl (C=O) groups excluding carboxylic acids is 1. The third-order valence-electron chi connectivity index (χ3n) is 6.60. The van der Waals surface area contributed by atoms with Gasteiger partial charge in [-0.3, -0.25) is 14.7 Å². The summed E-state index contributed by atoms with van der Waals surface area (Å²) in [4.78, 5) is 20.3. The molecule has 2 fully saturated rings. The number of benzene rings is 1. The van der Waals surface area contributed by atoms with Gasteiger partial charge in [0.15, 0.2) is 0 Å². The number of rotatable bonds is 8. The van der Waals surface area contributed by atoms with Gasteiger partial charge in [-0.15, -0.1) is 0 Å². The van der Waals surface area contributed by atoms with Gasteiger partial charge in [-0.05, 0) is 62.3 Å². The van der Waals surface area contributed by atoms with Gasteiger partial charge >= 0.3 is 0 Å². The highest BCUT2D eigenvalue weighted by atomic mass is 16.2. The van der Waals surface area contributed by atoms with Crippen LogP contribution in [-0.2, 0) is 17.6 Å². The molecular formula is C24H31N3O. The number of pyridine rings is 1. The predicted molar refractivity (Wildman–Crippen MR) is 112 cm³/mol. The largest absolute Gasteiger partial charge is 0.355 e. The molecule has 3 heterocycles. The van der Waals surface area contributed by atoms with Crippen LogP contribution in [-0.4, -0.2) is 41.0 Å². The lowest BCUT2D eigenvalue weighted by atomic mass is 9.69. The molecule has 0 aliphatic carbocycles. The third-order valence-corrected chi connectivity index (χ3v) is 6.60. The minimum absolute atomic E-state index is 0.244. The van der Waals surface area contributed by atoms with Crippen molar-refractivity contribution in [2.75, 3.05) is 13.1 Å². The van der Waals surface area contributed by atoms with Crippen LogP contribution in [0.4, 0.5) is 0 Å². The van der Waals surface area contributed by atoms with Crippen LogP contribution in [0.15, 0.2) is 54.9 Å². The Kier molecular flexibility index (Phi) is 5.77. The number of amides is 1. The number of nitrogens with zero attached hydrogens (tertiary/aromatic N) is 2. The highest BCUT2D eigenvalue weighted by Gasteiger charge is 2.59. The zero-order valence-corrected chi connectivity index (χ0v) is 16.8. The maximum atomic E-state index is 13.5. The number of nitrogens with one attached hydrogen (secondary N) is 1. The third kappa shape index (κ3) is 3.70. The Balaban J connectivity index is 1.51. The second kappa shape index (κ2) is 8.44. The molecule has 1 amide bonds. The lowest BCUT2D eigenvalue weighted by Gasteiger charge is -2.36. The molecule has 1 aromatic heterocycles. The summed E-state index contributed by atoms with van der Waals surface area (Å²) >= 11 is 0. The molecule has 4 rings (SSSR count). The van der Waals surface area contributed by atoms with Crippen molar-refractivity contribution >= 4 is 5.91 Å². The molecule has 4 nitrogen and oxygen atoms in total. The Morgan fingerprint density at radius 1 is 1.18 bits per heavy atom. The molecular weight excluding hydrogens is 346 g/mol. The summed E-state index contributed by atoms with van der Waals surface area (Å²) in [5.41, 5.74) is 2.14. The molecule has 1 aromatic carbocycles. The molecule has 3 atom stereocenters. The van der Waals surface area contributed by atoms with Crippen molar-refractivity contribution in [3.63, 3.8) is 0 Å². The summed E-state index contributed by atoms with van der Waals surface area (Å²) < 4.78 is 0. The second-order valence-corrected chi connectivity index (χ2v) is 8.37. The first kappa shape index (κ1) is 19.1. The standard InChI is InChI=1S/C24H31N3O/c1-2-15-27-21-10-11-22(27)24(17-21,16-19-7-4-3-5-8-19)23(28)26-14-12-20-9-6-13-25-18-20/h3-9,13,18,21-22H,2,10-12,14-17H2,1H3,(H,26,28)/t21-,22+,24+/m0/s1. The molecule has 0 unspecified atom stereocenters. The first-order valence-electron chi connectivity index (χ1n) is 10.7. The van der Waals surface area contributed by atoms with Gasteiger partial charge in [0.05, 0.1) is 5.41 Å². The molecule has 2 aliphatic rings. The van der Waals surface area contributed by atoms with Crippen LogP contribution in [0.25, 0.3) is 0 Å². The van der Waals surface area contributed by atoms with Crippen molar-refractivity contribution in [1.82, 2.24) is 15.2 Å². The van der Waals surface area contributed by atoms with E-state index in [-0.39, 0.29) is 11.3 Å². The van der Waals surface area contributed by atoms with Crippen LogP contribution in [0.5, 0.6) is 0 Å². The van der Waals surface area contributed by atoms with Gasteiger partial charge in [0.25, 0.3) is 0 Å². The van der Waals surface area contributed by atoms with Gasteiger partial charge in [-0.1, -0.05) is 43.3 Å². The Labute approximate surface area is 168 Å². The van der Waals surface area contributed by atoms with E-state index in [1.54, 1.807) is 6.20 Å². The fourth-order valence-electron chi connectivity index (χ4n) is 5.42. The summed E-state index contributed by atoms with van der Waals surface area (Å²) in [6, 6.07) is 15.5. The van der Waals surface area contributed by atoms with E-state index in [4.69, 9.17) is 0 Å². The summed E-state index contributed by atoms with van der Waals surface area (Å²) in [5.74, 6) is 0.244. The normalized spacial score (nSPS) is 26.5. The van der Waals surface area contributed by atoms with Crippen LogP contribution >= 0.6 is 0 Å². The number of hydrogen-bond donors (Lipinski definition) is 1. The molecule has 2 saturated heterocycles. The Bertz CT molecular complexity index is 779. The van der Waals surface area contributed by atoms with Gasteiger partial charge in [-0.2, -0.15) is 0 Å². The van der Waals surface area contributed by atoms with Gasteiger partial charge < -0.3 is 5.32 Å². The van der Waals surface area contributed by atoms with Crippen molar-refractivity contribution in [2.45, 2.75) is 57.5 Å². The molecule has 28 heavy (non-hydrogen) atoms. The Morgan fingerprint density at radius 2 is 2.00 bits per heavy atom. The van der Waals surface area contributed by atoms with Crippen LogP contribution < -0.4 is 5.32 Å². The SMILES string of the molecule is CCCN1[C@H]2CC[C@@H]1[C@](Cc1ccccc1)(C(=O)NCCc1cccnc1)C2. The Morgan fingerprint density at radius 3 is 2.75 bits per heavy atom. The van der Waals surface area contributed by atoms with E-state index in [2.05, 4.69) is 52.5 Å². The predicted octanol–water partition coefficient (Wildman–Crippen LogP) is 3.62. The number of hydrogen-bond acceptors (Lipinski definition) is 3. The van der Waals surface area contributed by atoms with Crippen molar-refractivity contribution in [3.8, 4) is 0 Å². The zero-order chi connectivity index (χ0) is 19.4. The summed E-state index contributed by atoms with van der Waals surface area (Å²) in [6.45, 7) is 4.02. The fraction of sp³-hybridized carbons (Fsp3) is 0.500. The van der Waals surface area contributed by atoms with Crippen molar-refractivity contribution in [3.05, 3.63) is 66.0 Å². The lowest BCUT2D eigenvalue weighted by Crippen LogP contribution is -2.51. The molecule has 2 aliphatic heterocycles. The molecule has 4 heteroatoms. The Hall–Kier alpha value is -2.20. The summed E-state index contributed by atoms with van der Waals surface area (Å²) in [6.07, 6.45) is 9.86. The molecule has 1 N–H and O–H groups in total. The van der Waals surface area contributed by atoms with Crippen molar-refractivity contribution < 1.29 is 4.79 Å². The number of aromatic nitrogens is 1. The molecule has 148 valence electrons. The molecule has 2 aromatic rings. The van der Waals surface area contributed by atoms with Crippen LogP contribution in [0, 0.1) is 5.41 Å². The topological polar surface area (TPSA) is 45.2 Å². The first-order chi connectivity index (χ1) is 13.7. The summed E-state index contributed by atoms with van der Waals surface area (Å²) in [5, 5.41) is 3.29. The highest BCUT2D eigenvalue weighted by Crippen LogP contribution is 2.51. The van der Waals surface area contributed by atoms with E-state index in [9.17, 15) is 4.79 Å². The van der Waals surface area contributed by atoms with E-state index < -0.39 is 0 Å². The number of carbonyl (C=O) groups is 1. The van der Waals surface area contributed by atoms with E-state index in [0.717, 1.165) is 38.6 Å². The summed E-state index contributed by atoms with van der Waals surface area (Å²) in [7, 11) is 0.